The van der Waals surface area contributed by atoms with Gasteiger partial charge in [-0.15, -0.1) is 0 Å². The van der Waals surface area contributed by atoms with Crippen LogP contribution in [-0.4, -0.2) is 30.3 Å². The van der Waals surface area contributed by atoms with Gasteiger partial charge >= 0.3 is 0 Å². The summed E-state index contributed by atoms with van der Waals surface area (Å²) in [5.74, 6) is -0.220. The molecule has 0 saturated heterocycles. The molecule has 1 aromatic heterocycles. The van der Waals surface area contributed by atoms with E-state index < -0.39 is 10.0 Å². The van der Waals surface area contributed by atoms with E-state index in [1.54, 1.807) is 23.4 Å². The van der Waals surface area contributed by atoms with E-state index >= 15 is 0 Å². The van der Waals surface area contributed by atoms with E-state index in [9.17, 15) is 13.2 Å². The lowest BCUT2D eigenvalue weighted by Crippen LogP contribution is -2.33. The average molecular weight is 456 g/mol. The Morgan fingerprint density at radius 1 is 1.06 bits per heavy atom. The number of carbonyl (C=O) groups excluding carboxylic acids is 1. The van der Waals surface area contributed by atoms with Gasteiger partial charge in [-0.2, -0.15) is 0 Å². The molecule has 0 aliphatic heterocycles. The van der Waals surface area contributed by atoms with Crippen molar-refractivity contribution in [1.82, 2.24) is 14.6 Å². The molecule has 8 heteroatoms. The van der Waals surface area contributed by atoms with Crippen molar-refractivity contribution >= 4 is 27.5 Å². The lowest BCUT2D eigenvalue weighted by molar-refractivity contribution is 0.0729. The lowest BCUT2D eigenvalue weighted by Gasteiger charge is -2.23. The van der Waals surface area contributed by atoms with Gasteiger partial charge in [0.15, 0.2) is 0 Å². The van der Waals surface area contributed by atoms with E-state index in [1.807, 2.05) is 42.5 Å². The Morgan fingerprint density at radius 3 is 2.48 bits per heavy atom. The number of sulfonamides is 1. The molecule has 0 radical (unpaired) electrons. The average Bonchev–Trinajstić information content (AvgIpc) is 3.63. The van der Waals surface area contributed by atoms with Crippen molar-refractivity contribution in [3.8, 4) is 0 Å². The van der Waals surface area contributed by atoms with Crippen molar-refractivity contribution in [2.45, 2.75) is 36.9 Å². The number of hydrogen-bond donors (Lipinski definition) is 1. The highest BCUT2D eigenvalue weighted by molar-refractivity contribution is 7.89. The van der Waals surface area contributed by atoms with Crippen molar-refractivity contribution in [3.05, 3.63) is 94.8 Å². The van der Waals surface area contributed by atoms with Gasteiger partial charge in [-0.25, -0.2) is 13.1 Å². The zero-order valence-electron chi connectivity index (χ0n) is 16.7. The van der Waals surface area contributed by atoms with Crippen molar-refractivity contribution < 1.29 is 13.2 Å². The summed E-state index contributed by atoms with van der Waals surface area (Å²) >= 11 is 6.20. The molecule has 1 amide bonds. The minimum absolute atomic E-state index is 0.0716. The number of halogens is 1. The number of pyridine rings is 1. The molecular weight excluding hydrogens is 434 g/mol. The second kappa shape index (κ2) is 9.18. The maximum absolute atomic E-state index is 13.2. The summed E-state index contributed by atoms with van der Waals surface area (Å²) in [6, 6.07) is 17.5. The third kappa shape index (κ3) is 5.31. The number of nitrogens with one attached hydrogen (secondary N) is 1. The van der Waals surface area contributed by atoms with E-state index in [1.165, 1.54) is 12.1 Å². The van der Waals surface area contributed by atoms with Gasteiger partial charge < -0.3 is 4.90 Å². The van der Waals surface area contributed by atoms with Gasteiger partial charge in [-0.05, 0) is 48.2 Å². The number of aromatic nitrogens is 1. The van der Waals surface area contributed by atoms with E-state index in [4.69, 9.17) is 11.6 Å². The first-order chi connectivity index (χ1) is 14.9. The minimum Gasteiger partial charge on any atom is -0.331 e. The Labute approximate surface area is 186 Å². The number of benzene rings is 2. The summed E-state index contributed by atoms with van der Waals surface area (Å²) in [5.41, 5.74) is 2.04. The van der Waals surface area contributed by atoms with Gasteiger partial charge in [0.2, 0.25) is 10.0 Å². The molecule has 1 heterocycles. The molecule has 2 aromatic carbocycles. The monoisotopic (exact) mass is 455 g/mol. The Morgan fingerprint density at radius 2 is 1.81 bits per heavy atom. The van der Waals surface area contributed by atoms with E-state index in [0.29, 0.717) is 12.1 Å². The summed E-state index contributed by atoms with van der Waals surface area (Å²) in [4.78, 5) is 19.0. The van der Waals surface area contributed by atoms with Crippen LogP contribution in [0.15, 0.2) is 78.0 Å². The molecule has 1 aliphatic rings. The molecule has 1 fully saturated rings. The molecule has 1 N–H and O–H groups in total. The Hall–Kier alpha value is -2.74. The number of nitrogens with zero attached hydrogens (tertiary/aromatic N) is 2. The summed E-state index contributed by atoms with van der Waals surface area (Å²) in [6.45, 7) is 0.557. The molecule has 1 aliphatic carbocycles. The second-order valence-electron chi connectivity index (χ2n) is 7.48. The molecule has 0 spiro atoms. The fourth-order valence-electron chi connectivity index (χ4n) is 3.30. The smallest absolute Gasteiger partial charge is 0.254 e. The lowest BCUT2D eigenvalue weighted by atomic mass is 10.1. The molecule has 160 valence electrons. The molecule has 0 bridgehead atoms. The molecule has 4 rings (SSSR count). The normalized spacial score (nSPS) is 13.7. The van der Waals surface area contributed by atoms with Crippen molar-refractivity contribution in [2.24, 2.45) is 0 Å². The van der Waals surface area contributed by atoms with Crippen LogP contribution in [0.3, 0.4) is 0 Å². The minimum atomic E-state index is -3.90. The van der Waals surface area contributed by atoms with Gasteiger partial charge in [-0.1, -0.05) is 48.0 Å². The topological polar surface area (TPSA) is 79.4 Å². The van der Waals surface area contributed by atoms with Crippen LogP contribution < -0.4 is 4.72 Å². The van der Waals surface area contributed by atoms with Crippen molar-refractivity contribution in [2.75, 3.05) is 0 Å². The summed E-state index contributed by atoms with van der Waals surface area (Å²) in [6.07, 6.45) is 5.28. The van der Waals surface area contributed by atoms with Gasteiger partial charge in [0.05, 0.1) is 5.02 Å². The van der Waals surface area contributed by atoms with E-state index in [0.717, 1.165) is 24.0 Å². The van der Waals surface area contributed by atoms with Gasteiger partial charge in [0.25, 0.3) is 5.91 Å². The quantitative estimate of drug-likeness (QED) is 0.556. The molecule has 1 saturated carbocycles. The van der Waals surface area contributed by atoms with Gasteiger partial charge in [-0.3, -0.25) is 9.78 Å². The number of rotatable bonds is 8. The maximum Gasteiger partial charge on any atom is 0.254 e. The number of amides is 1. The van der Waals surface area contributed by atoms with E-state index in [-0.39, 0.29) is 28.4 Å². The van der Waals surface area contributed by atoms with Crippen LogP contribution in [0.2, 0.25) is 5.02 Å². The highest BCUT2D eigenvalue weighted by atomic mass is 35.5. The molecular formula is C23H22ClN3O3S. The van der Waals surface area contributed by atoms with Crippen LogP contribution >= 0.6 is 11.6 Å². The highest BCUT2D eigenvalue weighted by Gasteiger charge is 2.33. The first-order valence-corrected chi connectivity index (χ1v) is 11.8. The Bertz CT molecular complexity index is 1170. The summed E-state index contributed by atoms with van der Waals surface area (Å²) in [5, 5.41) is 0.0716. The number of hydrogen-bond acceptors (Lipinski definition) is 4. The molecule has 6 nitrogen and oxygen atoms in total. The first kappa shape index (κ1) is 21.5. The third-order valence-corrected chi connectivity index (χ3v) is 6.98. The van der Waals surface area contributed by atoms with Crippen LogP contribution in [0.25, 0.3) is 0 Å². The molecule has 31 heavy (non-hydrogen) atoms. The van der Waals surface area contributed by atoms with Crippen LogP contribution in [-0.2, 0) is 23.1 Å². The Balaban J connectivity index is 1.56. The predicted octanol–water partition coefficient (Wildman–Crippen LogP) is 4.02. The predicted molar refractivity (Wildman–Crippen MR) is 119 cm³/mol. The van der Waals surface area contributed by atoms with Crippen LogP contribution in [0.4, 0.5) is 0 Å². The van der Waals surface area contributed by atoms with Crippen molar-refractivity contribution in [3.63, 3.8) is 0 Å². The summed E-state index contributed by atoms with van der Waals surface area (Å²) < 4.78 is 28.3. The second-order valence-corrected chi connectivity index (χ2v) is 9.62. The molecule has 3 aromatic rings. The van der Waals surface area contributed by atoms with Gasteiger partial charge in [0, 0.05) is 37.1 Å². The van der Waals surface area contributed by atoms with Crippen molar-refractivity contribution in [1.29, 1.82) is 0 Å². The largest absolute Gasteiger partial charge is 0.331 e. The molecule has 0 atom stereocenters. The maximum atomic E-state index is 13.2. The van der Waals surface area contributed by atoms with Crippen LogP contribution in [0, 0.1) is 0 Å². The molecule has 0 unspecified atom stereocenters. The fourth-order valence-corrected chi connectivity index (χ4v) is 4.84. The first-order valence-electron chi connectivity index (χ1n) is 9.97. The van der Waals surface area contributed by atoms with Crippen LogP contribution in [0.5, 0.6) is 0 Å². The number of carbonyl (C=O) groups is 1. The zero-order chi connectivity index (χ0) is 21.8. The zero-order valence-corrected chi connectivity index (χ0v) is 18.3. The van der Waals surface area contributed by atoms with Crippen LogP contribution in [0.1, 0.15) is 34.3 Å². The van der Waals surface area contributed by atoms with Gasteiger partial charge in [0.1, 0.15) is 4.90 Å². The van der Waals surface area contributed by atoms with E-state index in [2.05, 4.69) is 9.71 Å². The summed E-state index contributed by atoms with van der Waals surface area (Å²) in [7, 11) is -3.90. The standard InChI is InChI=1S/C23H22ClN3O3S/c24-21-11-8-19(13-22(21)31(29,30)26-15-17-5-2-1-3-6-17)23(28)27(20-9-10-20)16-18-7-4-12-25-14-18/h1-8,11-14,20,26H,9-10,15-16H2. The third-order valence-electron chi connectivity index (χ3n) is 5.10. The SMILES string of the molecule is O=C(c1ccc(Cl)c(S(=O)(=O)NCc2ccccc2)c1)N(Cc1cccnc1)C1CC1. The fraction of sp³-hybridized carbons (Fsp3) is 0.217. The highest BCUT2D eigenvalue weighted by Crippen LogP contribution is 2.31. The Kier molecular flexibility index (Phi) is 6.36.